The monoisotopic (exact) mass is 656 g/mol. The Morgan fingerprint density at radius 2 is 0.596 bits per heavy atom. The fourth-order valence-electron chi connectivity index (χ4n) is 9.68. The van der Waals surface area contributed by atoms with Crippen LogP contribution < -0.4 is 0 Å². The number of para-hydroxylation sites is 2. The Kier molecular flexibility index (Phi) is 4.89. The molecule has 0 bridgehead atoms. The topological polar surface area (TPSA) is 8.82 Å². The molecule has 2 heteroatoms. The number of rotatable bonds is 2. The first kappa shape index (κ1) is 26.9. The first-order valence-corrected chi connectivity index (χ1v) is 18.1. The van der Waals surface area contributed by atoms with Gasteiger partial charge in [-0.05, 0) is 92.3 Å². The van der Waals surface area contributed by atoms with Gasteiger partial charge < -0.3 is 8.80 Å². The highest BCUT2D eigenvalue weighted by atomic mass is 14.9. The van der Waals surface area contributed by atoms with Gasteiger partial charge in [-0.15, -0.1) is 0 Å². The van der Waals surface area contributed by atoms with Crippen molar-refractivity contribution < 1.29 is 0 Å². The summed E-state index contributed by atoms with van der Waals surface area (Å²) in [5.74, 6) is 0. The molecule has 13 aromatic rings. The normalized spacial score (nSPS) is 12.6. The van der Waals surface area contributed by atoms with Crippen LogP contribution in [-0.2, 0) is 0 Å². The maximum atomic E-state index is 2.55. The molecule has 52 heavy (non-hydrogen) atoms. The minimum absolute atomic E-state index is 1.24. The molecule has 9 aromatic carbocycles. The van der Waals surface area contributed by atoms with Gasteiger partial charge in [-0.3, -0.25) is 0 Å². The molecule has 0 saturated heterocycles. The van der Waals surface area contributed by atoms with E-state index < -0.39 is 0 Å². The van der Waals surface area contributed by atoms with E-state index in [2.05, 4.69) is 179 Å². The van der Waals surface area contributed by atoms with E-state index in [0.29, 0.717) is 0 Å². The lowest BCUT2D eigenvalue weighted by Crippen LogP contribution is -1.82. The van der Waals surface area contributed by atoms with E-state index in [-0.39, 0.29) is 0 Å². The van der Waals surface area contributed by atoms with Crippen LogP contribution >= 0.6 is 0 Å². The summed E-state index contributed by atoms with van der Waals surface area (Å²) < 4.78 is 5.10. The molecular formula is C50H28N2. The number of hydrogen-bond acceptors (Lipinski definition) is 0. The van der Waals surface area contributed by atoms with Crippen LogP contribution in [0.3, 0.4) is 0 Å². The average Bonchev–Trinajstić information content (AvgIpc) is 3.93. The van der Waals surface area contributed by atoms with Gasteiger partial charge in [0.2, 0.25) is 0 Å². The zero-order chi connectivity index (χ0) is 33.7. The van der Waals surface area contributed by atoms with Gasteiger partial charge in [0.05, 0.1) is 33.1 Å². The van der Waals surface area contributed by atoms with Crippen LogP contribution in [0.5, 0.6) is 0 Å². The SMILES string of the molecule is c1ccc2cc(-c3ccc4c(c3)c3c5c6ccccc6n6c7ccc(-c8ccc9ccccc9c8)cc7c(c7c8ccccc8n4c73)c56)ccc2c1. The lowest BCUT2D eigenvalue weighted by Gasteiger charge is -2.07. The van der Waals surface area contributed by atoms with Gasteiger partial charge in [0, 0.05) is 43.1 Å². The highest BCUT2D eigenvalue weighted by molar-refractivity contribution is 6.45. The van der Waals surface area contributed by atoms with Crippen molar-refractivity contribution >= 4 is 97.7 Å². The van der Waals surface area contributed by atoms with Gasteiger partial charge in [-0.1, -0.05) is 121 Å². The first-order valence-electron chi connectivity index (χ1n) is 18.1. The minimum Gasteiger partial charge on any atom is -0.308 e. The van der Waals surface area contributed by atoms with Gasteiger partial charge in [0.25, 0.3) is 0 Å². The van der Waals surface area contributed by atoms with E-state index in [4.69, 9.17) is 0 Å². The third kappa shape index (κ3) is 3.26. The Hall–Kier alpha value is -6.90. The highest BCUT2D eigenvalue weighted by Crippen LogP contribution is 2.52. The smallest absolute Gasteiger partial charge is 0.0634 e. The van der Waals surface area contributed by atoms with Crippen molar-refractivity contribution in [1.82, 2.24) is 8.80 Å². The molecule has 0 unspecified atom stereocenters. The third-order valence-corrected chi connectivity index (χ3v) is 11.9. The number of fused-ring (bicyclic) bond motifs is 16. The fraction of sp³-hybridized carbons (Fsp3) is 0. The van der Waals surface area contributed by atoms with Crippen molar-refractivity contribution in [1.29, 1.82) is 0 Å². The molecule has 0 saturated carbocycles. The molecule has 0 spiro atoms. The van der Waals surface area contributed by atoms with Crippen molar-refractivity contribution in [3.63, 3.8) is 0 Å². The van der Waals surface area contributed by atoms with E-state index in [1.54, 1.807) is 0 Å². The Morgan fingerprint density at radius 3 is 1.08 bits per heavy atom. The number of benzene rings is 9. The molecule has 0 aliphatic rings. The van der Waals surface area contributed by atoms with Crippen LogP contribution in [-0.4, -0.2) is 8.80 Å². The van der Waals surface area contributed by atoms with E-state index in [0.717, 1.165) is 0 Å². The summed E-state index contributed by atoms with van der Waals surface area (Å²) in [6.45, 7) is 0. The molecule has 0 N–H and O–H groups in total. The van der Waals surface area contributed by atoms with Gasteiger partial charge in [0.15, 0.2) is 0 Å². The molecule has 13 rings (SSSR count). The molecule has 0 radical (unpaired) electrons. The number of nitrogens with zero attached hydrogens (tertiary/aromatic N) is 2. The summed E-state index contributed by atoms with van der Waals surface area (Å²) in [5.41, 5.74) is 12.6. The maximum absolute atomic E-state index is 2.55. The predicted molar refractivity (Wildman–Crippen MR) is 222 cm³/mol. The molecule has 4 heterocycles. The van der Waals surface area contributed by atoms with E-state index >= 15 is 0 Å². The maximum Gasteiger partial charge on any atom is 0.0634 e. The van der Waals surface area contributed by atoms with Crippen molar-refractivity contribution in [2.45, 2.75) is 0 Å². The molecule has 0 aliphatic heterocycles. The predicted octanol–water partition coefficient (Wildman–Crippen LogP) is 13.6. The lowest BCUT2D eigenvalue weighted by molar-refractivity contribution is 1.37. The molecule has 2 nitrogen and oxygen atoms in total. The lowest BCUT2D eigenvalue weighted by atomic mass is 9.95. The summed E-state index contributed by atoms with van der Waals surface area (Å²) >= 11 is 0. The van der Waals surface area contributed by atoms with Gasteiger partial charge in [0.1, 0.15) is 0 Å². The second kappa shape index (κ2) is 9.45. The number of aromatic nitrogens is 2. The Bertz CT molecular complexity index is 3390. The standard InChI is InChI=1S/C50H28N2/c1-3-11-31-25-33(19-17-29(31)9-1)35-21-23-43-39(27-35)47-45-37-13-5-8-16-42(37)52-44-24-22-36(34-20-18-30-10-2-4-12-32(30)26-34)28-40(44)48(50(45)52)46-38-14-6-7-15-41(38)51(43)49(46)47/h1-28H. The summed E-state index contributed by atoms with van der Waals surface area (Å²) in [6, 6.07) is 63.3. The van der Waals surface area contributed by atoms with Crippen LogP contribution in [0.4, 0.5) is 0 Å². The Labute approximate surface area is 297 Å². The third-order valence-electron chi connectivity index (χ3n) is 11.9. The van der Waals surface area contributed by atoms with Crippen molar-refractivity contribution in [3.05, 3.63) is 170 Å². The Morgan fingerprint density at radius 1 is 0.250 bits per heavy atom. The van der Waals surface area contributed by atoms with Crippen LogP contribution in [0.15, 0.2) is 170 Å². The second-order valence-corrected chi connectivity index (χ2v) is 14.5. The average molecular weight is 657 g/mol. The molecule has 238 valence electrons. The first-order chi connectivity index (χ1) is 25.8. The summed E-state index contributed by atoms with van der Waals surface area (Å²) in [6.07, 6.45) is 0. The van der Waals surface area contributed by atoms with Crippen LogP contribution in [0.25, 0.3) is 120 Å². The fourth-order valence-corrected chi connectivity index (χ4v) is 9.68. The molecule has 0 aliphatic carbocycles. The molecule has 0 atom stereocenters. The summed E-state index contributed by atoms with van der Waals surface area (Å²) in [7, 11) is 0. The summed E-state index contributed by atoms with van der Waals surface area (Å²) in [4.78, 5) is 0. The second-order valence-electron chi connectivity index (χ2n) is 14.5. The van der Waals surface area contributed by atoms with Crippen LogP contribution in [0, 0.1) is 0 Å². The van der Waals surface area contributed by atoms with E-state index in [1.165, 1.54) is 120 Å². The van der Waals surface area contributed by atoms with E-state index in [9.17, 15) is 0 Å². The van der Waals surface area contributed by atoms with Crippen molar-refractivity contribution in [3.8, 4) is 22.3 Å². The molecular weight excluding hydrogens is 629 g/mol. The highest BCUT2D eigenvalue weighted by Gasteiger charge is 2.28. The summed E-state index contributed by atoms with van der Waals surface area (Å²) in [5, 5.41) is 15.7. The molecule has 0 fully saturated rings. The van der Waals surface area contributed by atoms with Crippen LogP contribution in [0.1, 0.15) is 0 Å². The Balaban J connectivity index is 1.22. The van der Waals surface area contributed by atoms with E-state index in [1.807, 2.05) is 0 Å². The quantitative estimate of drug-likeness (QED) is 0.175. The number of hydrogen-bond donors (Lipinski definition) is 0. The van der Waals surface area contributed by atoms with Gasteiger partial charge in [-0.2, -0.15) is 0 Å². The minimum atomic E-state index is 1.24. The van der Waals surface area contributed by atoms with Crippen molar-refractivity contribution in [2.75, 3.05) is 0 Å². The zero-order valence-electron chi connectivity index (χ0n) is 28.1. The zero-order valence-corrected chi connectivity index (χ0v) is 28.1. The van der Waals surface area contributed by atoms with Crippen LogP contribution in [0.2, 0.25) is 0 Å². The van der Waals surface area contributed by atoms with Crippen molar-refractivity contribution in [2.24, 2.45) is 0 Å². The van der Waals surface area contributed by atoms with Gasteiger partial charge in [-0.25, -0.2) is 0 Å². The van der Waals surface area contributed by atoms with Gasteiger partial charge >= 0.3 is 0 Å². The molecule has 4 aromatic heterocycles. The largest absolute Gasteiger partial charge is 0.308 e. The molecule has 0 amide bonds.